The van der Waals surface area contributed by atoms with E-state index in [2.05, 4.69) is 15.5 Å². The molecule has 30 heavy (non-hydrogen) atoms. The molecule has 2 N–H and O–H groups in total. The van der Waals surface area contributed by atoms with Gasteiger partial charge in [0.1, 0.15) is 11.8 Å². The Balaban J connectivity index is 1.36. The number of hydrogen-bond acceptors (Lipinski definition) is 7. The fraction of sp³-hybridized carbons (Fsp3) is 0.333. The Hall–Kier alpha value is -3.46. The summed E-state index contributed by atoms with van der Waals surface area (Å²) in [5.74, 6) is 0.527. The molecule has 0 aliphatic carbocycles. The standard InChI is InChI=1S/C21H22N4O5/c1-13-6-17(30-24-13)8-20(27)25-11-16(26)7-18(25)21(28)23-9-14-2-4-15(5-3-14)19-10-22-12-29-19/h2-6,10,12,16,18,26H,7-9,11H2,1H3,(H,23,28)/t16-,18-/m0/s1. The lowest BCUT2D eigenvalue weighted by molar-refractivity contribution is -0.138. The Morgan fingerprint density at radius 3 is 2.77 bits per heavy atom. The molecule has 3 heterocycles. The van der Waals surface area contributed by atoms with Crippen LogP contribution in [0.5, 0.6) is 0 Å². The van der Waals surface area contributed by atoms with Crippen LogP contribution in [-0.2, 0) is 22.6 Å². The first kappa shape index (κ1) is 19.8. The van der Waals surface area contributed by atoms with Crippen molar-refractivity contribution >= 4 is 11.8 Å². The van der Waals surface area contributed by atoms with Gasteiger partial charge in [-0.05, 0) is 12.5 Å². The van der Waals surface area contributed by atoms with E-state index in [4.69, 9.17) is 8.94 Å². The van der Waals surface area contributed by atoms with E-state index in [-0.39, 0.29) is 31.2 Å². The topological polar surface area (TPSA) is 122 Å². The molecule has 1 aliphatic heterocycles. The van der Waals surface area contributed by atoms with Crippen molar-refractivity contribution in [3.63, 3.8) is 0 Å². The summed E-state index contributed by atoms with van der Waals surface area (Å²) in [6.45, 7) is 2.20. The molecule has 0 spiro atoms. The number of aliphatic hydroxyl groups excluding tert-OH is 1. The van der Waals surface area contributed by atoms with E-state index in [0.717, 1.165) is 11.1 Å². The van der Waals surface area contributed by atoms with Gasteiger partial charge in [-0.2, -0.15) is 0 Å². The van der Waals surface area contributed by atoms with Crippen LogP contribution >= 0.6 is 0 Å². The molecule has 9 nitrogen and oxygen atoms in total. The van der Waals surface area contributed by atoms with E-state index in [1.807, 2.05) is 24.3 Å². The van der Waals surface area contributed by atoms with E-state index in [9.17, 15) is 14.7 Å². The number of likely N-dealkylation sites (tertiary alicyclic amines) is 1. The number of oxazole rings is 1. The van der Waals surface area contributed by atoms with Gasteiger partial charge in [-0.1, -0.05) is 29.4 Å². The molecular weight excluding hydrogens is 388 g/mol. The first-order chi connectivity index (χ1) is 14.5. The largest absolute Gasteiger partial charge is 0.444 e. The number of hydrogen-bond donors (Lipinski definition) is 2. The zero-order chi connectivity index (χ0) is 21.1. The van der Waals surface area contributed by atoms with E-state index in [1.54, 1.807) is 19.2 Å². The number of β-amino-alcohol motifs (C(OH)–C–C–N with tert-alkyl or cyclic N) is 1. The summed E-state index contributed by atoms with van der Waals surface area (Å²) >= 11 is 0. The van der Waals surface area contributed by atoms with Gasteiger partial charge in [0.2, 0.25) is 11.8 Å². The second kappa shape index (κ2) is 8.50. The van der Waals surface area contributed by atoms with Crippen molar-refractivity contribution in [2.75, 3.05) is 6.54 Å². The van der Waals surface area contributed by atoms with Crippen LogP contribution in [0.4, 0.5) is 0 Å². The molecule has 1 saturated heterocycles. The molecule has 0 saturated carbocycles. The Morgan fingerprint density at radius 1 is 1.30 bits per heavy atom. The van der Waals surface area contributed by atoms with Crippen molar-refractivity contribution in [1.29, 1.82) is 0 Å². The van der Waals surface area contributed by atoms with Crippen LogP contribution in [0.25, 0.3) is 11.3 Å². The number of benzene rings is 1. The summed E-state index contributed by atoms with van der Waals surface area (Å²) in [5.41, 5.74) is 2.48. The summed E-state index contributed by atoms with van der Waals surface area (Å²) in [6.07, 6.45) is 2.48. The SMILES string of the molecule is Cc1cc(CC(=O)N2C[C@@H](O)C[C@H]2C(=O)NCc2ccc(-c3cnco3)cc2)on1. The number of carbonyl (C=O) groups excluding carboxylic acids is 2. The molecule has 9 heteroatoms. The van der Waals surface area contributed by atoms with Crippen LogP contribution in [0, 0.1) is 6.92 Å². The molecule has 1 aromatic carbocycles. The van der Waals surface area contributed by atoms with Gasteiger partial charge >= 0.3 is 0 Å². The van der Waals surface area contributed by atoms with E-state index < -0.39 is 12.1 Å². The average molecular weight is 410 g/mol. The Morgan fingerprint density at radius 2 is 2.10 bits per heavy atom. The molecule has 0 radical (unpaired) electrons. The predicted molar refractivity (Wildman–Crippen MR) is 105 cm³/mol. The average Bonchev–Trinajstić information content (AvgIpc) is 3.48. The van der Waals surface area contributed by atoms with Gasteiger partial charge < -0.3 is 24.3 Å². The van der Waals surface area contributed by atoms with Gasteiger partial charge in [-0.25, -0.2) is 4.98 Å². The number of nitrogens with zero attached hydrogens (tertiary/aromatic N) is 3. The third kappa shape index (κ3) is 4.41. The second-order valence-corrected chi connectivity index (χ2v) is 7.34. The second-order valence-electron chi connectivity index (χ2n) is 7.34. The van der Waals surface area contributed by atoms with Crippen molar-refractivity contribution < 1.29 is 23.6 Å². The maximum absolute atomic E-state index is 12.7. The number of carbonyl (C=O) groups is 2. The van der Waals surface area contributed by atoms with Crippen molar-refractivity contribution in [2.24, 2.45) is 0 Å². The Labute approximate surface area is 172 Å². The van der Waals surface area contributed by atoms with Gasteiger partial charge in [0.25, 0.3) is 0 Å². The molecule has 1 fully saturated rings. The van der Waals surface area contributed by atoms with Crippen molar-refractivity contribution in [1.82, 2.24) is 20.4 Å². The summed E-state index contributed by atoms with van der Waals surface area (Å²) < 4.78 is 10.3. The van der Waals surface area contributed by atoms with Gasteiger partial charge in [-0.3, -0.25) is 9.59 Å². The van der Waals surface area contributed by atoms with E-state index >= 15 is 0 Å². The van der Waals surface area contributed by atoms with Crippen LogP contribution < -0.4 is 5.32 Å². The normalized spacial score (nSPS) is 18.5. The number of amides is 2. The van der Waals surface area contributed by atoms with Crippen molar-refractivity contribution in [2.45, 2.75) is 38.5 Å². The minimum absolute atomic E-state index is 0.000435. The van der Waals surface area contributed by atoms with Crippen LogP contribution in [0.3, 0.4) is 0 Å². The number of nitrogens with one attached hydrogen (secondary N) is 1. The fourth-order valence-corrected chi connectivity index (χ4v) is 3.54. The first-order valence-corrected chi connectivity index (χ1v) is 9.65. The number of rotatable bonds is 6. The lowest BCUT2D eigenvalue weighted by atomic mass is 10.1. The molecule has 2 amide bonds. The first-order valence-electron chi connectivity index (χ1n) is 9.65. The highest BCUT2D eigenvalue weighted by atomic mass is 16.5. The van der Waals surface area contributed by atoms with Crippen LogP contribution in [-0.4, -0.2) is 50.7 Å². The summed E-state index contributed by atoms with van der Waals surface area (Å²) in [7, 11) is 0. The quantitative estimate of drug-likeness (QED) is 0.631. The molecule has 2 atom stereocenters. The minimum Gasteiger partial charge on any atom is -0.444 e. The predicted octanol–water partition coefficient (Wildman–Crippen LogP) is 1.46. The Bertz CT molecular complexity index is 1010. The van der Waals surface area contributed by atoms with Gasteiger partial charge in [-0.15, -0.1) is 0 Å². The third-order valence-corrected chi connectivity index (χ3v) is 5.04. The summed E-state index contributed by atoms with van der Waals surface area (Å²) in [4.78, 5) is 30.7. The number of aryl methyl sites for hydroxylation is 1. The fourth-order valence-electron chi connectivity index (χ4n) is 3.54. The number of aliphatic hydroxyl groups is 1. The molecule has 156 valence electrons. The van der Waals surface area contributed by atoms with Gasteiger partial charge in [0.15, 0.2) is 12.2 Å². The molecule has 4 rings (SSSR count). The third-order valence-electron chi connectivity index (χ3n) is 5.04. The monoisotopic (exact) mass is 410 g/mol. The zero-order valence-corrected chi connectivity index (χ0v) is 16.4. The van der Waals surface area contributed by atoms with Crippen LogP contribution in [0.15, 0.2) is 51.9 Å². The highest BCUT2D eigenvalue weighted by Gasteiger charge is 2.38. The molecule has 0 unspecified atom stereocenters. The molecule has 3 aromatic rings. The zero-order valence-electron chi connectivity index (χ0n) is 16.4. The number of aromatic nitrogens is 2. The minimum atomic E-state index is -0.734. The van der Waals surface area contributed by atoms with Gasteiger partial charge in [0, 0.05) is 31.1 Å². The highest BCUT2D eigenvalue weighted by molar-refractivity contribution is 5.89. The van der Waals surface area contributed by atoms with E-state index in [0.29, 0.717) is 23.8 Å². The molecule has 0 bridgehead atoms. The Kier molecular flexibility index (Phi) is 5.62. The van der Waals surface area contributed by atoms with Crippen molar-refractivity contribution in [3.8, 4) is 11.3 Å². The smallest absolute Gasteiger partial charge is 0.243 e. The summed E-state index contributed by atoms with van der Waals surface area (Å²) in [6, 6.07) is 8.51. The van der Waals surface area contributed by atoms with Crippen LogP contribution in [0.2, 0.25) is 0 Å². The molecular formula is C21H22N4O5. The molecule has 2 aromatic heterocycles. The molecule has 1 aliphatic rings. The maximum atomic E-state index is 12.7. The lowest BCUT2D eigenvalue weighted by Gasteiger charge is -2.23. The van der Waals surface area contributed by atoms with E-state index in [1.165, 1.54) is 11.3 Å². The van der Waals surface area contributed by atoms with Gasteiger partial charge in [0.05, 0.1) is 24.4 Å². The van der Waals surface area contributed by atoms with Crippen molar-refractivity contribution in [3.05, 3.63) is 59.9 Å². The lowest BCUT2D eigenvalue weighted by Crippen LogP contribution is -2.46. The van der Waals surface area contributed by atoms with Crippen LogP contribution in [0.1, 0.15) is 23.4 Å². The maximum Gasteiger partial charge on any atom is 0.243 e. The summed E-state index contributed by atoms with van der Waals surface area (Å²) in [5, 5.41) is 16.6. The highest BCUT2D eigenvalue weighted by Crippen LogP contribution is 2.21.